The van der Waals surface area contributed by atoms with Gasteiger partial charge in [-0.2, -0.15) is 9.40 Å². The summed E-state index contributed by atoms with van der Waals surface area (Å²) in [6.07, 6.45) is 2.34. The zero-order valence-corrected chi connectivity index (χ0v) is 12.5. The lowest BCUT2D eigenvalue weighted by molar-refractivity contribution is 0.138. The molecule has 0 saturated carbocycles. The summed E-state index contributed by atoms with van der Waals surface area (Å²) in [5.41, 5.74) is 5.68. The molecule has 0 bridgehead atoms. The highest BCUT2D eigenvalue weighted by Gasteiger charge is 2.25. The van der Waals surface area contributed by atoms with E-state index in [0.29, 0.717) is 19.8 Å². The van der Waals surface area contributed by atoms with Gasteiger partial charge in [0.1, 0.15) is 4.90 Å². The monoisotopic (exact) mass is 290 g/mol. The maximum absolute atomic E-state index is 12.3. The minimum absolute atomic E-state index is 0.0386. The molecule has 0 aromatic carbocycles. The highest BCUT2D eigenvalue weighted by molar-refractivity contribution is 7.89. The van der Waals surface area contributed by atoms with Gasteiger partial charge < -0.3 is 10.5 Å². The Bertz CT molecular complexity index is 498. The van der Waals surface area contributed by atoms with Crippen LogP contribution in [0.2, 0.25) is 0 Å². The molecule has 1 heterocycles. The van der Waals surface area contributed by atoms with Crippen molar-refractivity contribution in [3.63, 3.8) is 0 Å². The third-order valence-corrected chi connectivity index (χ3v) is 4.52. The van der Waals surface area contributed by atoms with Crippen LogP contribution in [0.15, 0.2) is 11.1 Å². The van der Waals surface area contributed by atoms with Gasteiger partial charge in [0.15, 0.2) is 5.82 Å². The van der Waals surface area contributed by atoms with Crippen molar-refractivity contribution >= 4 is 15.8 Å². The van der Waals surface area contributed by atoms with Gasteiger partial charge in [0.25, 0.3) is 0 Å². The Kier molecular flexibility index (Phi) is 5.77. The molecule has 2 N–H and O–H groups in total. The number of hydrogen-bond acceptors (Lipinski definition) is 5. The summed E-state index contributed by atoms with van der Waals surface area (Å²) in [6, 6.07) is 0. The summed E-state index contributed by atoms with van der Waals surface area (Å²) in [6.45, 7) is 5.69. The Balaban J connectivity index is 2.86. The molecular formula is C11H22N4O3S. The number of hydrogen-bond donors (Lipinski definition) is 1. The van der Waals surface area contributed by atoms with E-state index in [1.807, 2.05) is 13.8 Å². The molecule has 1 aromatic rings. The van der Waals surface area contributed by atoms with Crippen molar-refractivity contribution in [1.82, 2.24) is 14.1 Å². The summed E-state index contributed by atoms with van der Waals surface area (Å²) in [7, 11) is -2.10. The first-order valence-electron chi connectivity index (χ1n) is 6.30. The minimum Gasteiger partial charge on any atom is -0.381 e. The van der Waals surface area contributed by atoms with Crippen molar-refractivity contribution in [2.24, 2.45) is 0 Å². The number of nitrogens with zero attached hydrogens (tertiary/aromatic N) is 3. The second-order valence-corrected chi connectivity index (χ2v) is 6.18. The van der Waals surface area contributed by atoms with Crippen LogP contribution in [0.1, 0.15) is 20.3 Å². The summed E-state index contributed by atoms with van der Waals surface area (Å²) in [4.78, 5) is 0.0555. The molecule has 0 amide bonds. The highest BCUT2D eigenvalue weighted by Crippen LogP contribution is 2.20. The standard InChI is InChI=1S/C11H22N4O3S/c1-4-6-15-9-10(11(12)13-15)19(16,17)14(3)7-8-18-5-2/h9H,4-8H2,1-3H3,(H2,12,13). The lowest BCUT2D eigenvalue weighted by Crippen LogP contribution is -2.30. The smallest absolute Gasteiger partial charge is 0.248 e. The largest absolute Gasteiger partial charge is 0.381 e. The Morgan fingerprint density at radius 3 is 2.74 bits per heavy atom. The van der Waals surface area contributed by atoms with Gasteiger partial charge in [-0.25, -0.2) is 8.42 Å². The van der Waals surface area contributed by atoms with E-state index in [4.69, 9.17) is 10.5 Å². The van der Waals surface area contributed by atoms with Gasteiger partial charge in [-0.1, -0.05) is 6.92 Å². The van der Waals surface area contributed by atoms with Crippen LogP contribution in [0.25, 0.3) is 0 Å². The molecule has 19 heavy (non-hydrogen) atoms. The number of likely N-dealkylation sites (N-methyl/N-ethyl adjacent to an activating group) is 1. The zero-order valence-electron chi connectivity index (χ0n) is 11.7. The third-order valence-electron chi connectivity index (χ3n) is 2.65. The van der Waals surface area contributed by atoms with E-state index in [-0.39, 0.29) is 17.3 Å². The first-order chi connectivity index (χ1) is 8.93. The van der Waals surface area contributed by atoms with E-state index in [0.717, 1.165) is 6.42 Å². The molecule has 0 fully saturated rings. The lowest BCUT2D eigenvalue weighted by atomic mass is 10.5. The molecule has 1 aromatic heterocycles. The first-order valence-corrected chi connectivity index (χ1v) is 7.74. The minimum atomic E-state index is -3.60. The third kappa shape index (κ3) is 3.92. The molecule has 8 heteroatoms. The van der Waals surface area contributed by atoms with Crippen LogP contribution in [-0.2, 0) is 21.3 Å². The van der Waals surface area contributed by atoms with Crippen molar-refractivity contribution < 1.29 is 13.2 Å². The Hall–Kier alpha value is -1.12. The molecular weight excluding hydrogens is 268 g/mol. The Labute approximate surface area is 114 Å². The predicted octanol–water partition coefficient (Wildman–Crippen LogP) is 0.532. The number of ether oxygens (including phenoxy) is 1. The summed E-state index contributed by atoms with van der Waals surface area (Å²) >= 11 is 0. The van der Waals surface area contributed by atoms with Crippen LogP contribution in [-0.4, -0.2) is 49.3 Å². The van der Waals surface area contributed by atoms with Crippen LogP contribution in [0.5, 0.6) is 0 Å². The lowest BCUT2D eigenvalue weighted by Gasteiger charge is -2.16. The zero-order chi connectivity index (χ0) is 14.5. The van der Waals surface area contributed by atoms with Crippen LogP contribution >= 0.6 is 0 Å². The van der Waals surface area contributed by atoms with Crippen molar-refractivity contribution in [2.45, 2.75) is 31.7 Å². The molecule has 1 rings (SSSR count). The first kappa shape index (κ1) is 15.9. The summed E-state index contributed by atoms with van der Waals surface area (Å²) in [5, 5.41) is 4.00. The predicted molar refractivity (Wildman–Crippen MR) is 73.2 cm³/mol. The average Bonchev–Trinajstić information content (AvgIpc) is 2.71. The molecule has 0 saturated heterocycles. The van der Waals surface area contributed by atoms with Gasteiger partial charge in [-0.3, -0.25) is 4.68 Å². The van der Waals surface area contributed by atoms with Crippen molar-refractivity contribution in [1.29, 1.82) is 0 Å². The number of rotatable bonds is 8. The highest BCUT2D eigenvalue weighted by atomic mass is 32.2. The van der Waals surface area contributed by atoms with Crippen molar-refractivity contribution in [3.8, 4) is 0 Å². The number of nitrogen functional groups attached to an aromatic ring is 1. The molecule has 0 radical (unpaired) electrons. The quantitative estimate of drug-likeness (QED) is 0.705. The SMILES string of the molecule is CCCn1cc(S(=O)(=O)N(C)CCOCC)c(N)n1. The van der Waals surface area contributed by atoms with E-state index < -0.39 is 10.0 Å². The molecule has 0 aliphatic heterocycles. The van der Waals surface area contributed by atoms with Gasteiger partial charge in [0.2, 0.25) is 10.0 Å². The topological polar surface area (TPSA) is 90.5 Å². The normalized spacial score (nSPS) is 12.2. The van der Waals surface area contributed by atoms with Crippen molar-refractivity contribution in [2.75, 3.05) is 32.5 Å². The van der Waals surface area contributed by atoms with Gasteiger partial charge in [-0.15, -0.1) is 0 Å². The maximum atomic E-state index is 12.3. The maximum Gasteiger partial charge on any atom is 0.248 e. The fourth-order valence-corrected chi connectivity index (χ4v) is 2.80. The van der Waals surface area contributed by atoms with E-state index in [2.05, 4.69) is 5.10 Å². The fraction of sp³-hybridized carbons (Fsp3) is 0.727. The molecule has 0 atom stereocenters. The molecule has 0 spiro atoms. The molecule has 7 nitrogen and oxygen atoms in total. The van der Waals surface area contributed by atoms with Crippen LogP contribution < -0.4 is 5.73 Å². The van der Waals surface area contributed by atoms with Gasteiger partial charge >= 0.3 is 0 Å². The number of aryl methyl sites for hydroxylation is 1. The second-order valence-electron chi connectivity index (χ2n) is 4.17. The summed E-state index contributed by atoms with van der Waals surface area (Å²) < 4.78 is 32.5. The molecule has 0 unspecified atom stereocenters. The van der Waals surface area contributed by atoms with E-state index >= 15 is 0 Å². The van der Waals surface area contributed by atoms with E-state index in [1.165, 1.54) is 17.5 Å². The Morgan fingerprint density at radius 2 is 2.16 bits per heavy atom. The average molecular weight is 290 g/mol. The Morgan fingerprint density at radius 1 is 1.47 bits per heavy atom. The van der Waals surface area contributed by atoms with Crippen LogP contribution in [0.3, 0.4) is 0 Å². The number of nitrogens with two attached hydrogens (primary N) is 1. The molecule has 0 aliphatic carbocycles. The van der Waals surface area contributed by atoms with Crippen LogP contribution in [0.4, 0.5) is 5.82 Å². The van der Waals surface area contributed by atoms with E-state index in [9.17, 15) is 8.42 Å². The molecule has 110 valence electrons. The molecule has 0 aliphatic rings. The van der Waals surface area contributed by atoms with Crippen molar-refractivity contribution in [3.05, 3.63) is 6.20 Å². The second kappa shape index (κ2) is 6.88. The number of anilines is 1. The van der Waals surface area contributed by atoms with Crippen LogP contribution in [0, 0.1) is 0 Å². The fourth-order valence-electron chi connectivity index (χ4n) is 1.59. The summed E-state index contributed by atoms with van der Waals surface area (Å²) in [5.74, 6) is 0.0386. The van der Waals surface area contributed by atoms with Gasteiger partial charge in [0, 0.05) is 32.9 Å². The van der Waals surface area contributed by atoms with E-state index in [1.54, 1.807) is 4.68 Å². The van der Waals surface area contributed by atoms with Gasteiger partial charge in [0.05, 0.1) is 6.61 Å². The van der Waals surface area contributed by atoms with Gasteiger partial charge in [-0.05, 0) is 13.3 Å². The number of sulfonamides is 1. The number of aromatic nitrogens is 2.